The van der Waals surface area contributed by atoms with Gasteiger partial charge in [0.15, 0.2) is 0 Å². The molecule has 4 bridgehead atoms. The minimum Gasteiger partial charge on any atom is -0.381 e. The number of aryl methyl sites for hydroxylation is 1. The van der Waals surface area contributed by atoms with Crippen LogP contribution in [0.5, 0.6) is 0 Å². The highest BCUT2D eigenvalue weighted by atomic mass is 79.9. The van der Waals surface area contributed by atoms with Crippen molar-refractivity contribution in [3.63, 3.8) is 0 Å². The molecule has 0 amide bonds. The van der Waals surface area contributed by atoms with Gasteiger partial charge in [-0.3, -0.25) is 0 Å². The van der Waals surface area contributed by atoms with Crippen molar-refractivity contribution < 1.29 is 0 Å². The number of rotatable bonds is 3. The van der Waals surface area contributed by atoms with E-state index >= 15 is 0 Å². The monoisotopic (exact) mass is 347 g/mol. The Bertz CT molecular complexity index is 515. The van der Waals surface area contributed by atoms with Gasteiger partial charge in [0.2, 0.25) is 0 Å². The molecule has 1 N–H and O–H groups in total. The van der Waals surface area contributed by atoms with Crippen LogP contribution in [0, 0.1) is 30.1 Å². The first-order valence-electron chi connectivity index (χ1n) is 8.57. The normalized spacial score (nSPS) is 38.5. The standard InChI is InChI=1S/C19H26BrN/c1-12-3-4-18(17(20)5-12)21-13(2)19-9-14-6-15(10-19)8-16(7-14)11-19/h3-5,13-16,21H,6-11H2,1-2H3. The van der Waals surface area contributed by atoms with Crippen molar-refractivity contribution in [3.05, 3.63) is 28.2 Å². The van der Waals surface area contributed by atoms with Gasteiger partial charge in [-0.05, 0) is 109 Å². The van der Waals surface area contributed by atoms with Crippen LogP contribution in [-0.4, -0.2) is 6.04 Å². The van der Waals surface area contributed by atoms with Gasteiger partial charge < -0.3 is 5.32 Å². The molecule has 1 aromatic carbocycles. The highest BCUT2D eigenvalue weighted by Crippen LogP contribution is 2.61. The average Bonchev–Trinajstić information content (AvgIpc) is 2.40. The number of anilines is 1. The van der Waals surface area contributed by atoms with Crippen LogP contribution in [0.2, 0.25) is 0 Å². The van der Waals surface area contributed by atoms with E-state index in [-0.39, 0.29) is 0 Å². The van der Waals surface area contributed by atoms with Crippen LogP contribution in [0.4, 0.5) is 5.69 Å². The summed E-state index contributed by atoms with van der Waals surface area (Å²) in [4.78, 5) is 0. The molecule has 4 aliphatic carbocycles. The van der Waals surface area contributed by atoms with Crippen molar-refractivity contribution in [1.29, 1.82) is 0 Å². The molecule has 0 aromatic heterocycles. The first-order chi connectivity index (χ1) is 10.0. The number of hydrogen-bond donors (Lipinski definition) is 1. The van der Waals surface area contributed by atoms with Crippen LogP contribution < -0.4 is 5.32 Å². The van der Waals surface area contributed by atoms with Crippen molar-refractivity contribution in [2.75, 3.05) is 5.32 Å². The summed E-state index contributed by atoms with van der Waals surface area (Å²) >= 11 is 3.72. The van der Waals surface area contributed by atoms with Crippen molar-refractivity contribution in [2.45, 2.75) is 58.4 Å². The molecule has 2 heteroatoms. The lowest BCUT2D eigenvalue weighted by Gasteiger charge is -2.59. The molecule has 0 aliphatic heterocycles. The van der Waals surface area contributed by atoms with Crippen LogP contribution in [0.25, 0.3) is 0 Å². The Labute approximate surface area is 137 Å². The maximum Gasteiger partial charge on any atom is 0.0487 e. The number of benzene rings is 1. The van der Waals surface area contributed by atoms with Crippen LogP contribution in [0.15, 0.2) is 22.7 Å². The molecule has 5 rings (SSSR count). The lowest BCUT2D eigenvalue weighted by molar-refractivity contribution is -0.0602. The summed E-state index contributed by atoms with van der Waals surface area (Å²) in [5, 5.41) is 3.85. The zero-order valence-corrected chi connectivity index (χ0v) is 14.7. The molecule has 114 valence electrons. The Morgan fingerprint density at radius 3 is 2.19 bits per heavy atom. The average molecular weight is 348 g/mol. The predicted octanol–water partition coefficient (Wildman–Crippen LogP) is 5.77. The van der Waals surface area contributed by atoms with E-state index in [1.54, 1.807) is 0 Å². The fraction of sp³-hybridized carbons (Fsp3) is 0.684. The van der Waals surface area contributed by atoms with Gasteiger partial charge in [-0.2, -0.15) is 0 Å². The van der Waals surface area contributed by atoms with Crippen LogP contribution in [-0.2, 0) is 0 Å². The van der Waals surface area contributed by atoms with Gasteiger partial charge in [-0.1, -0.05) is 6.07 Å². The van der Waals surface area contributed by atoms with Crippen molar-refractivity contribution >= 4 is 21.6 Å². The highest BCUT2D eigenvalue weighted by molar-refractivity contribution is 9.10. The molecule has 4 saturated carbocycles. The van der Waals surface area contributed by atoms with Gasteiger partial charge in [-0.25, -0.2) is 0 Å². The highest BCUT2D eigenvalue weighted by Gasteiger charge is 2.53. The largest absolute Gasteiger partial charge is 0.381 e. The van der Waals surface area contributed by atoms with E-state index < -0.39 is 0 Å². The maximum absolute atomic E-state index is 3.85. The van der Waals surface area contributed by atoms with E-state index in [4.69, 9.17) is 0 Å². The fourth-order valence-electron chi connectivity index (χ4n) is 5.83. The summed E-state index contributed by atoms with van der Waals surface area (Å²) < 4.78 is 1.21. The Hall–Kier alpha value is -0.500. The van der Waals surface area contributed by atoms with Gasteiger partial charge in [-0.15, -0.1) is 0 Å². The van der Waals surface area contributed by atoms with Gasteiger partial charge in [0.25, 0.3) is 0 Å². The Morgan fingerprint density at radius 1 is 1.10 bits per heavy atom. The van der Waals surface area contributed by atoms with Gasteiger partial charge in [0.1, 0.15) is 0 Å². The summed E-state index contributed by atoms with van der Waals surface area (Å²) in [5.74, 6) is 3.09. The zero-order chi connectivity index (χ0) is 14.6. The van der Waals surface area contributed by atoms with Crippen molar-refractivity contribution in [3.8, 4) is 0 Å². The van der Waals surface area contributed by atoms with Crippen LogP contribution in [0.1, 0.15) is 51.0 Å². The summed E-state index contributed by atoms with van der Waals surface area (Å²) in [7, 11) is 0. The maximum atomic E-state index is 3.85. The third-order valence-electron chi connectivity index (χ3n) is 6.50. The first-order valence-corrected chi connectivity index (χ1v) is 9.36. The molecule has 1 unspecified atom stereocenters. The molecule has 1 nitrogen and oxygen atoms in total. The van der Waals surface area contributed by atoms with Gasteiger partial charge in [0, 0.05) is 16.2 Å². The molecule has 4 aliphatic rings. The number of nitrogens with one attached hydrogen (secondary N) is 1. The molecule has 0 radical (unpaired) electrons. The molecule has 0 heterocycles. The second-order valence-electron chi connectivity index (χ2n) is 8.13. The molecule has 4 fully saturated rings. The lowest BCUT2D eigenvalue weighted by atomic mass is 9.48. The quantitative estimate of drug-likeness (QED) is 0.731. The van der Waals surface area contributed by atoms with Crippen LogP contribution in [0.3, 0.4) is 0 Å². The second-order valence-corrected chi connectivity index (χ2v) is 8.98. The molecule has 0 spiro atoms. The van der Waals surface area contributed by atoms with E-state index in [0.29, 0.717) is 11.5 Å². The molecule has 21 heavy (non-hydrogen) atoms. The van der Waals surface area contributed by atoms with E-state index in [0.717, 1.165) is 17.8 Å². The summed E-state index contributed by atoms with van der Waals surface area (Å²) in [5.41, 5.74) is 3.15. The molecular formula is C19H26BrN. The minimum absolute atomic E-state index is 0.569. The Balaban J connectivity index is 1.56. The third-order valence-corrected chi connectivity index (χ3v) is 7.16. The molecule has 0 saturated heterocycles. The van der Waals surface area contributed by atoms with E-state index in [9.17, 15) is 0 Å². The number of halogens is 1. The SMILES string of the molecule is Cc1ccc(NC(C)C23CC4CC(CC(C4)C2)C3)c(Br)c1. The van der Waals surface area contributed by atoms with E-state index in [1.165, 1.54) is 54.2 Å². The van der Waals surface area contributed by atoms with Crippen molar-refractivity contribution in [2.24, 2.45) is 23.2 Å². The Morgan fingerprint density at radius 2 is 1.67 bits per heavy atom. The Kier molecular flexibility index (Phi) is 3.37. The fourth-order valence-corrected chi connectivity index (χ4v) is 6.44. The number of hydrogen-bond acceptors (Lipinski definition) is 1. The van der Waals surface area contributed by atoms with Gasteiger partial charge in [0.05, 0.1) is 0 Å². The lowest BCUT2D eigenvalue weighted by Crippen LogP contribution is -2.52. The van der Waals surface area contributed by atoms with E-state index in [2.05, 4.69) is 53.3 Å². The second kappa shape index (κ2) is 5.01. The van der Waals surface area contributed by atoms with Crippen molar-refractivity contribution in [1.82, 2.24) is 0 Å². The topological polar surface area (TPSA) is 12.0 Å². The predicted molar refractivity (Wildman–Crippen MR) is 92.6 cm³/mol. The molecular weight excluding hydrogens is 322 g/mol. The van der Waals surface area contributed by atoms with Crippen LogP contribution >= 0.6 is 15.9 Å². The van der Waals surface area contributed by atoms with E-state index in [1.807, 2.05) is 0 Å². The summed E-state index contributed by atoms with van der Waals surface area (Å²) in [6.45, 7) is 4.58. The smallest absolute Gasteiger partial charge is 0.0487 e. The molecule has 1 atom stereocenters. The minimum atomic E-state index is 0.569. The first kappa shape index (κ1) is 14.1. The summed E-state index contributed by atoms with van der Waals surface area (Å²) in [6, 6.07) is 7.25. The zero-order valence-electron chi connectivity index (χ0n) is 13.2. The third kappa shape index (κ3) is 2.44. The summed E-state index contributed by atoms with van der Waals surface area (Å²) in [6.07, 6.45) is 8.99. The van der Waals surface area contributed by atoms with Gasteiger partial charge >= 0.3 is 0 Å². The molecule has 1 aromatic rings.